The third-order valence-corrected chi connectivity index (χ3v) is 3.61. The zero-order chi connectivity index (χ0) is 17.3. The van der Waals surface area contributed by atoms with Crippen LogP contribution in [0.25, 0.3) is 0 Å². The van der Waals surface area contributed by atoms with Gasteiger partial charge in [-0.05, 0) is 19.1 Å². The van der Waals surface area contributed by atoms with Crippen molar-refractivity contribution in [2.24, 2.45) is 0 Å². The third kappa shape index (κ3) is 3.04. The summed E-state index contributed by atoms with van der Waals surface area (Å²) < 4.78 is 74.0. The molecule has 0 bridgehead atoms. The molecular formula is C11H9F3O7S. The number of hydrogen-bond acceptors (Lipinski definition) is 5. The van der Waals surface area contributed by atoms with Gasteiger partial charge in [0, 0.05) is 0 Å². The number of para-hydroxylation sites is 1. The lowest BCUT2D eigenvalue weighted by Crippen LogP contribution is -2.54. The molecule has 1 unspecified atom stereocenters. The standard InChI is InChI=1S/C11H9F3O7S/c1-10(12,11(13,14)22(18,19)20)9(17)21-7-5-3-2-4-6(7)8(15)16/h2-5H,1H3,(H,15,16)(H,18,19,20). The first-order valence-corrected chi connectivity index (χ1v) is 6.84. The van der Waals surface area contributed by atoms with E-state index in [1.54, 1.807) is 0 Å². The number of ether oxygens (including phenoxy) is 1. The first kappa shape index (κ1) is 17.9. The summed E-state index contributed by atoms with van der Waals surface area (Å²) in [6, 6.07) is 4.22. The van der Waals surface area contributed by atoms with E-state index in [0.717, 1.165) is 12.1 Å². The molecule has 0 aromatic heterocycles. The van der Waals surface area contributed by atoms with Crippen molar-refractivity contribution >= 4 is 22.1 Å². The van der Waals surface area contributed by atoms with Crippen LogP contribution in [0.15, 0.2) is 24.3 Å². The summed E-state index contributed by atoms with van der Waals surface area (Å²) >= 11 is 0. The predicted molar refractivity (Wildman–Crippen MR) is 65.0 cm³/mol. The van der Waals surface area contributed by atoms with Gasteiger partial charge in [0.15, 0.2) is 0 Å². The van der Waals surface area contributed by atoms with Crippen LogP contribution in [0, 0.1) is 0 Å². The van der Waals surface area contributed by atoms with Crippen LogP contribution >= 0.6 is 0 Å². The van der Waals surface area contributed by atoms with E-state index in [1.807, 2.05) is 0 Å². The molecule has 122 valence electrons. The molecule has 2 N–H and O–H groups in total. The van der Waals surface area contributed by atoms with Crippen LogP contribution in [0.2, 0.25) is 0 Å². The fraction of sp³-hybridized carbons (Fsp3) is 0.273. The first-order chi connectivity index (χ1) is 9.82. The molecular weight excluding hydrogens is 333 g/mol. The highest BCUT2D eigenvalue weighted by Gasteiger charge is 2.67. The number of alkyl halides is 3. The average Bonchev–Trinajstić information content (AvgIpc) is 2.37. The lowest BCUT2D eigenvalue weighted by Gasteiger charge is -2.25. The molecule has 0 aliphatic rings. The van der Waals surface area contributed by atoms with E-state index in [2.05, 4.69) is 4.74 Å². The minimum absolute atomic E-state index is 0.119. The van der Waals surface area contributed by atoms with Gasteiger partial charge >= 0.3 is 27.3 Å². The highest BCUT2D eigenvalue weighted by Crippen LogP contribution is 2.38. The molecule has 0 spiro atoms. The quantitative estimate of drug-likeness (QED) is 0.473. The van der Waals surface area contributed by atoms with Crippen LogP contribution in [0.4, 0.5) is 13.2 Å². The Hall–Kier alpha value is -2.14. The molecule has 1 atom stereocenters. The van der Waals surface area contributed by atoms with E-state index in [4.69, 9.17) is 9.66 Å². The molecule has 1 aromatic rings. The van der Waals surface area contributed by atoms with E-state index in [1.165, 1.54) is 12.1 Å². The molecule has 0 aliphatic heterocycles. The zero-order valence-electron chi connectivity index (χ0n) is 10.8. The monoisotopic (exact) mass is 342 g/mol. The van der Waals surface area contributed by atoms with Gasteiger partial charge in [0.25, 0.3) is 5.67 Å². The molecule has 0 saturated heterocycles. The van der Waals surface area contributed by atoms with Crippen LogP contribution in [0.3, 0.4) is 0 Å². The Bertz CT molecular complexity index is 712. The maximum atomic E-state index is 13.9. The van der Waals surface area contributed by atoms with Crippen molar-refractivity contribution in [3.8, 4) is 5.75 Å². The van der Waals surface area contributed by atoms with Crippen LogP contribution in [-0.4, -0.2) is 40.9 Å². The van der Waals surface area contributed by atoms with Crippen LogP contribution in [0.1, 0.15) is 17.3 Å². The number of esters is 1. The molecule has 0 aliphatic carbocycles. The number of hydrogen-bond donors (Lipinski definition) is 2. The van der Waals surface area contributed by atoms with E-state index >= 15 is 0 Å². The number of halogens is 3. The number of aromatic carboxylic acids is 1. The number of carbonyl (C=O) groups is 2. The summed E-state index contributed by atoms with van der Waals surface area (Å²) in [4.78, 5) is 22.3. The van der Waals surface area contributed by atoms with Crippen molar-refractivity contribution in [3.05, 3.63) is 29.8 Å². The summed E-state index contributed by atoms with van der Waals surface area (Å²) in [5.41, 5.74) is -5.09. The second-order valence-corrected chi connectivity index (χ2v) is 5.65. The molecule has 0 fully saturated rings. The number of carbonyl (C=O) groups excluding carboxylic acids is 1. The lowest BCUT2D eigenvalue weighted by molar-refractivity contribution is -0.163. The molecule has 1 rings (SSSR count). The van der Waals surface area contributed by atoms with E-state index < -0.39 is 44.3 Å². The Kier molecular flexibility index (Phi) is 4.54. The van der Waals surface area contributed by atoms with Gasteiger partial charge in [-0.15, -0.1) is 0 Å². The number of carboxylic acids is 1. The Morgan fingerprint density at radius 3 is 2.14 bits per heavy atom. The molecule has 0 amide bonds. The van der Waals surface area contributed by atoms with E-state index in [0.29, 0.717) is 0 Å². The van der Waals surface area contributed by atoms with Crippen molar-refractivity contribution in [2.75, 3.05) is 0 Å². The van der Waals surface area contributed by atoms with Crippen LogP contribution in [0.5, 0.6) is 5.75 Å². The Morgan fingerprint density at radius 1 is 1.18 bits per heavy atom. The van der Waals surface area contributed by atoms with Gasteiger partial charge in [-0.3, -0.25) is 4.55 Å². The van der Waals surface area contributed by atoms with Crippen molar-refractivity contribution in [1.29, 1.82) is 0 Å². The fourth-order valence-corrected chi connectivity index (χ4v) is 1.86. The van der Waals surface area contributed by atoms with Crippen LogP contribution < -0.4 is 4.74 Å². The third-order valence-electron chi connectivity index (χ3n) is 2.57. The van der Waals surface area contributed by atoms with Gasteiger partial charge in [0.2, 0.25) is 0 Å². The molecule has 0 radical (unpaired) electrons. The molecule has 1 aromatic carbocycles. The van der Waals surface area contributed by atoms with Gasteiger partial charge in [-0.25, -0.2) is 14.0 Å². The summed E-state index contributed by atoms with van der Waals surface area (Å²) in [6.07, 6.45) is 0. The smallest absolute Gasteiger partial charge is 0.413 e. The second-order valence-electron chi connectivity index (χ2n) is 4.19. The molecule has 22 heavy (non-hydrogen) atoms. The Labute approximate surface area is 122 Å². The predicted octanol–water partition coefficient (Wildman–Crippen LogP) is 1.50. The second kappa shape index (κ2) is 5.57. The van der Waals surface area contributed by atoms with Gasteiger partial charge in [0.05, 0.1) is 0 Å². The maximum absolute atomic E-state index is 13.9. The van der Waals surface area contributed by atoms with Crippen LogP contribution in [-0.2, 0) is 14.9 Å². The van der Waals surface area contributed by atoms with Gasteiger partial charge in [-0.2, -0.15) is 17.2 Å². The number of carboxylic acid groups (broad SMARTS) is 1. The van der Waals surface area contributed by atoms with Crippen molar-refractivity contribution in [3.63, 3.8) is 0 Å². The summed E-state index contributed by atoms with van der Waals surface area (Å²) in [6.45, 7) is -0.119. The Balaban J connectivity index is 3.21. The minimum Gasteiger partial charge on any atom is -0.478 e. The molecule has 0 saturated carbocycles. The fourth-order valence-electron chi connectivity index (χ4n) is 1.29. The largest absolute Gasteiger partial charge is 0.478 e. The number of benzene rings is 1. The van der Waals surface area contributed by atoms with Gasteiger partial charge < -0.3 is 9.84 Å². The van der Waals surface area contributed by atoms with E-state index in [-0.39, 0.29) is 6.92 Å². The molecule has 0 heterocycles. The van der Waals surface area contributed by atoms with Crippen molar-refractivity contribution in [2.45, 2.75) is 17.8 Å². The summed E-state index contributed by atoms with van der Waals surface area (Å²) in [5.74, 6) is -4.75. The van der Waals surface area contributed by atoms with Gasteiger partial charge in [0.1, 0.15) is 11.3 Å². The van der Waals surface area contributed by atoms with E-state index in [9.17, 15) is 31.2 Å². The first-order valence-electron chi connectivity index (χ1n) is 5.40. The summed E-state index contributed by atoms with van der Waals surface area (Å²) in [5, 5.41) is 3.31. The average molecular weight is 342 g/mol. The maximum Gasteiger partial charge on any atom is 0.413 e. The molecule has 7 nitrogen and oxygen atoms in total. The van der Waals surface area contributed by atoms with Crippen molar-refractivity contribution < 1.29 is 45.6 Å². The highest BCUT2D eigenvalue weighted by atomic mass is 32.2. The highest BCUT2D eigenvalue weighted by molar-refractivity contribution is 7.87. The molecule has 11 heteroatoms. The number of rotatable bonds is 5. The lowest BCUT2D eigenvalue weighted by atomic mass is 10.1. The Morgan fingerprint density at radius 2 is 1.68 bits per heavy atom. The van der Waals surface area contributed by atoms with Gasteiger partial charge in [-0.1, -0.05) is 12.1 Å². The topological polar surface area (TPSA) is 118 Å². The minimum atomic E-state index is -6.25. The normalized spacial score (nSPS) is 15.0. The van der Waals surface area contributed by atoms with Crippen molar-refractivity contribution in [1.82, 2.24) is 0 Å². The summed E-state index contributed by atoms with van der Waals surface area (Å²) in [7, 11) is -6.25. The zero-order valence-corrected chi connectivity index (χ0v) is 11.6. The SMILES string of the molecule is CC(F)(C(=O)Oc1ccccc1C(=O)O)C(F)(F)S(=O)(=O)O.